The third kappa shape index (κ3) is 55.3. The van der Waals surface area contributed by atoms with Gasteiger partial charge in [-0.3, -0.25) is 14.4 Å². The SMILES string of the molecule is CCCCCCCCCCCCCCCCCCCCC(=O)OC[C@@H](COC(=O)CCCCCCCCCCCCCCC)OC(=O)CCCCCCCCCCCCCCCCCCC(C)C. The summed E-state index contributed by atoms with van der Waals surface area (Å²) in [7, 11) is 0. The van der Waals surface area contributed by atoms with Crippen molar-refractivity contribution in [1.82, 2.24) is 0 Å². The quantitative estimate of drug-likeness (QED) is 0.0343. The van der Waals surface area contributed by atoms with E-state index in [1.807, 2.05) is 0 Å². The molecule has 0 aromatic carbocycles. The van der Waals surface area contributed by atoms with Gasteiger partial charge in [-0.2, -0.15) is 0 Å². The van der Waals surface area contributed by atoms with Crippen molar-refractivity contribution >= 4 is 17.9 Å². The van der Waals surface area contributed by atoms with Crippen LogP contribution in [0.15, 0.2) is 0 Å². The first-order valence-electron chi connectivity index (χ1n) is 30.9. The lowest BCUT2D eigenvalue weighted by Gasteiger charge is -2.18. The Morgan fingerprint density at radius 1 is 0.279 bits per heavy atom. The van der Waals surface area contributed by atoms with Crippen LogP contribution >= 0.6 is 0 Å². The zero-order valence-electron chi connectivity index (χ0n) is 46.6. The Hall–Kier alpha value is -1.59. The first-order chi connectivity index (χ1) is 33.4. The van der Waals surface area contributed by atoms with E-state index in [1.54, 1.807) is 0 Å². The van der Waals surface area contributed by atoms with Gasteiger partial charge in [0.25, 0.3) is 0 Å². The van der Waals surface area contributed by atoms with Crippen molar-refractivity contribution in [3.8, 4) is 0 Å². The molecule has 0 heterocycles. The van der Waals surface area contributed by atoms with E-state index in [0.29, 0.717) is 19.3 Å². The number of carbonyl (C=O) groups is 3. The summed E-state index contributed by atoms with van der Waals surface area (Å²) in [6, 6.07) is 0. The Bertz CT molecular complexity index is 1030. The van der Waals surface area contributed by atoms with Crippen molar-refractivity contribution in [3.05, 3.63) is 0 Å². The van der Waals surface area contributed by atoms with E-state index in [0.717, 1.165) is 63.7 Å². The van der Waals surface area contributed by atoms with E-state index < -0.39 is 6.10 Å². The highest BCUT2D eigenvalue weighted by molar-refractivity contribution is 5.71. The highest BCUT2D eigenvalue weighted by atomic mass is 16.6. The Balaban J connectivity index is 4.27. The van der Waals surface area contributed by atoms with Gasteiger partial charge in [0.05, 0.1) is 0 Å². The maximum atomic E-state index is 12.9. The van der Waals surface area contributed by atoms with E-state index in [-0.39, 0.29) is 31.1 Å². The molecular formula is C62H120O6. The van der Waals surface area contributed by atoms with Crippen LogP contribution < -0.4 is 0 Å². The second-order valence-electron chi connectivity index (χ2n) is 21.8. The van der Waals surface area contributed by atoms with Crippen LogP contribution in [-0.2, 0) is 28.6 Å². The van der Waals surface area contributed by atoms with E-state index in [1.165, 1.54) is 250 Å². The summed E-state index contributed by atoms with van der Waals surface area (Å²) in [5.41, 5.74) is 0. The highest BCUT2D eigenvalue weighted by Gasteiger charge is 2.19. The van der Waals surface area contributed by atoms with Gasteiger partial charge in [0.15, 0.2) is 6.10 Å². The van der Waals surface area contributed by atoms with Gasteiger partial charge in [-0.1, -0.05) is 317 Å². The van der Waals surface area contributed by atoms with Crippen molar-refractivity contribution in [2.45, 2.75) is 361 Å². The lowest BCUT2D eigenvalue weighted by Crippen LogP contribution is -2.30. The average Bonchev–Trinajstić information content (AvgIpc) is 3.32. The third-order valence-corrected chi connectivity index (χ3v) is 14.3. The molecule has 0 aliphatic rings. The molecule has 0 radical (unpaired) electrons. The number of rotatable bonds is 57. The minimum atomic E-state index is -0.762. The Morgan fingerprint density at radius 2 is 0.485 bits per heavy atom. The molecule has 0 saturated heterocycles. The Kier molecular flexibility index (Phi) is 55.0. The first kappa shape index (κ1) is 66.4. The van der Waals surface area contributed by atoms with Gasteiger partial charge >= 0.3 is 17.9 Å². The molecule has 0 saturated carbocycles. The smallest absolute Gasteiger partial charge is 0.306 e. The summed E-state index contributed by atoms with van der Waals surface area (Å²) in [6.45, 7) is 9.09. The molecule has 0 aromatic heterocycles. The van der Waals surface area contributed by atoms with Gasteiger partial charge < -0.3 is 14.2 Å². The van der Waals surface area contributed by atoms with Crippen LogP contribution in [0.3, 0.4) is 0 Å². The van der Waals surface area contributed by atoms with Crippen LogP contribution in [0.5, 0.6) is 0 Å². The Morgan fingerprint density at radius 3 is 0.721 bits per heavy atom. The van der Waals surface area contributed by atoms with Crippen LogP contribution in [0.2, 0.25) is 0 Å². The van der Waals surface area contributed by atoms with E-state index in [2.05, 4.69) is 27.7 Å². The van der Waals surface area contributed by atoms with Crippen molar-refractivity contribution in [3.63, 3.8) is 0 Å². The Labute approximate surface area is 425 Å². The van der Waals surface area contributed by atoms with Gasteiger partial charge in [-0.05, 0) is 25.2 Å². The van der Waals surface area contributed by atoms with Crippen molar-refractivity contribution in [1.29, 1.82) is 0 Å². The normalized spacial score (nSPS) is 12.0. The zero-order valence-corrected chi connectivity index (χ0v) is 46.6. The van der Waals surface area contributed by atoms with Gasteiger partial charge in [-0.15, -0.1) is 0 Å². The summed E-state index contributed by atoms with van der Waals surface area (Å²) in [6.07, 6.45) is 62.4. The summed E-state index contributed by atoms with van der Waals surface area (Å²) in [4.78, 5) is 38.2. The average molecular weight is 962 g/mol. The molecule has 0 N–H and O–H groups in total. The summed E-state index contributed by atoms with van der Waals surface area (Å²) < 4.78 is 16.9. The fraction of sp³-hybridized carbons (Fsp3) is 0.952. The fourth-order valence-electron chi connectivity index (χ4n) is 9.63. The molecule has 0 fully saturated rings. The predicted octanol–water partition coefficient (Wildman–Crippen LogP) is 20.6. The van der Waals surface area contributed by atoms with Crippen LogP contribution in [0.25, 0.3) is 0 Å². The molecule has 0 spiro atoms. The molecule has 6 nitrogen and oxygen atoms in total. The molecule has 1 atom stereocenters. The topological polar surface area (TPSA) is 78.9 Å². The number of carbonyl (C=O) groups excluding carboxylic acids is 3. The second kappa shape index (κ2) is 56.3. The van der Waals surface area contributed by atoms with Crippen LogP contribution in [0, 0.1) is 5.92 Å². The summed E-state index contributed by atoms with van der Waals surface area (Å²) in [5, 5.41) is 0. The summed E-state index contributed by atoms with van der Waals surface area (Å²) >= 11 is 0. The minimum Gasteiger partial charge on any atom is -0.462 e. The standard InChI is InChI=1S/C62H120O6/c1-5-7-9-11-13-15-17-19-20-21-22-26-30-34-38-42-46-50-54-61(64)67-57-59(56-66-60(63)53-49-45-41-37-33-28-18-16-14-12-10-8-6-2)68-62(65)55-51-47-43-39-35-31-27-24-23-25-29-32-36-40-44-48-52-58(3)4/h58-59H,5-57H2,1-4H3/t59-/m1/s1. The summed E-state index contributed by atoms with van der Waals surface area (Å²) in [5.74, 6) is 0.0217. The molecule has 0 amide bonds. The number of hydrogen-bond acceptors (Lipinski definition) is 6. The molecule has 404 valence electrons. The molecule has 0 rings (SSSR count). The molecule has 0 bridgehead atoms. The maximum Gasteiger partial charge on any atom is 0.306 e. The highest BCUT2D eigenvalue weighted by Crippen LogP contribution is 2.18. The molecule has 0 aromatic rings. The minimum absolute atomic E-state index is 0.0613. The second-order valence-corrected chi connectivity index (χ2v) is 21.8. The number of ether oxygens (including phenoxy) is 3. The number of hydrogen-bond donors (Lipinski definition) is 0. The predicted molar refractivity (Wildman–Crippen MR) is 293 cm³/mol. The monoisotopic (exact) mass is 961 g/mol. The maximum absolute atomic E-state index is 12.9. The van der Waals surface area contributed by atoms with Gasteiger partial charge in [0, 0.05) is 19.3 Å². The zero-order chi connectivity index (χ0) is 49.5. The van der Waals surface area contributed by atoms with Crippen molar-refractivity contribution in [2.75, 3.05) is 13.2 Å². The molecule has 68 heavy (non-hydrogen) atoms. The molecular weight excluding hydrogens is 841 g/mol. The van der Waals surface area contributed by atoms with Crippen LogP contribution in [0.1, 0.15) is 355 Å². The number of esters is 3. The number of unbranched alkanes of at least 4 members (excludes halogenated alkanes) is 44. The molecule has 0 unspecified atom stereocenters. The van der Waals surface area contributed by atoms with E-state index in [9.17, 15) is 14.4 Å². The van der Waals surface area contributed by atoms with E-state index in [4.69, 9.17) is 14.2 Å². The van der Waals surface area contributed by atoms with Gasteiger partial charge in [0.1, 0.15) is 13.2 Å². The lowest BCUT2D eigenvalue weighted by molar-refractivity contribution is -0.167. The van der Waals surface area contributed by atoms with Crippen LogP contribution in [-0.4, -0.2) is 37.2 Å². The van der Waals surface area contributed by atoms with Crippen molar-refractivity contribution < 1.29 is 28.6 Å². The van der Waals surface area contributed by atoms with Gasteiger partial charge in [0.2, 0.25) is 0 Å². The third-order valence-electron chi connectivity index (χ3n) is 14.3. The van der Waals surface area contributed by atoms with Gasteiger partial charge in [-0.25, -0.2) is 0 Å². The largest absolute Gasteiger partial charge is 0.462 e. The molecule has 6 heteroatoms. The fourth-order valence-corrected chi connectivity index (χ4v) is 9.63. The first-order valence-corrected chi connectivity index (χ1v) is 30.9. The van der Waals surface area contributed by atoms with Crippen LogP contribution in [0.4, 0.5) is 0 Å². The lowest BCUT2D eigenvalue weighted by atomic mass is 10.0. The van der Waals surface area contributed by atoms with E-state index >= 15 is 0 Å². The molecule has 0 aliphatic carbocycles. The van der Waals surface area contributed by atoms with Crippen molar-refractivity contribution in [2.24, 2.45) is 5.92 Å². The molecule has 0 aliphatic heterocycles.